The maximum Gasteiger partial charge on any atom is 0.407 e. The fraction of sp³-hybridized carbons (Fsp3) is 0.944. The van der Waals surface area contributed by atoms with E-state index in [1.807, 2.05) is 20.8 Å². The van der Waals surface area contributed by atoms with Gasteiger partial charge < -0.3 is 15.4 Å². The number of rotatable bonds is 8. The van der Waals surface area contributed by atoms with Crippen LogP contribution < -0.4 is 10.6 Å². The Bertz CT molecular complexity index is 332. The van der Waals surface area contributed by atoms with Gasteiger partial charge in [0, 0.05) is 18.6 Å². The fourth-order valence-corrected chi connectivity index (χ4v) is 3.00. The van der Waals surface area contributed by atoms with Gasteiger partial charge in [0.15, 0.2) is 0 Å². The summed E-state index contributed by atoms with van der Waals surface area (Å²) in [5, 5.41) is 6.60. The van der Waals surface area contributed by atoms with Crippen LogP contribution in [0, 0.1) is 11.8 Å². The van der Waals surface area contributed by atoms with Gasteiger partial charge in [-0.05, 0) is 52.4 Å². The Balaban J connectivity index is 2.37. The minimum Gasteiger partial charge on any atom is -0.444 e. The summed E-state index contributed by atoms with van der Waals surface area (Å²) >= 11 is 0. The second-order valence-corrected chi connectivity index (χ2v) is 8.31. The van der Waals surface area contributed by atoms with E-state index < -0.39 is 5.60 Å². The van der Waals surface area contributed by atoms with Gasteiger partial charge in [0.1, 0.15) is 5.60 Å². The maximum absolute atomic E-state index is 11.8. The number of amides is 1. The smallest absolute Gasteiger partial charge is 0.407 e. The molecule has 2 unspecified atom stereocenters. The first-order valence-electron chi connectivity index (χ1n) is 8.88. The van der Waals surface area contributed by atoms with Crippen LogP contribution in [0.5, 0.6) is 0 Å². The van der Waals surface area contributed by atoms with Gasteiger partial charge in [0.05, 0.1) is 0 Å². The van der Waals surface area contributed by atoms with Crippen molar-refractivity contribution in [1.82, 2.24) is 10.6 Å². The van der Waals surface area contributed by atoms with Crippen LogP contribution in [0.1, 0.15) is 73.6 Å². The lowest BCUT2D eigenvalue weighted by Gasteiger charge is -2.31. The number of alkyl carbamates (subject to hydrolysis) is 1. The van der Waals surface area contributed by atoms with E-state index in [9.17, 15) is 4.79 Å². The third kappa shape index (κ3) is 8.62. The molecule has 1 saturated carbocycles. The molecule has 2 N–H and O–H groups in total. The highest BCUT2D eigenvalue weighted by Crippen LogP contribution is 2.30. The number of nitrogens with one attached hydrogen (secondary N) is 2. The summed E-state index contributed by atoms with van der Waals surface area (Å²) in [5.74, 6) is 1.51. The largest absolute Gasteiger partial charge is 0.444 e. The van der Waals surface area contributed by atoms with Gasteiger partial charge in [0.2, 0.25) is 0 Å². The number of carbonyl (C=O) groups excluding carboxylic acids is 1. The number of hydrogen-bond donors (Lipinski definition) is 2. The predicted octanol–water partition coefficient (Wildman–Crippen LogP) is 4.09. The molecule has 0 aromatic rings. The van der Waals surface area contributed by atoms with E-state index >= 15 is 0 Å². The molecule has 0 heterocycles. The van der Waals surface area contributed by atoms with Crippen molar-refractivity contribution in [2.75, 3.05) is 6.54 Å². The zero-order valence-corrected chi connectivity index (χ0v) is 15.4. The fourth-order valence-electron chi connectivity index (χ4n) is 3.00. The zero-order chi connectivity index (χ0) is 16.8. The van der Waals surface area contributed by atoms with Crippen LogP contribution in [0.3, 0.4) is 0 Å². The Morgan fingerprint density at radius 3 is 2.32 bits per heavy atom. The Hall–Kier alpha value is -0.770. The normalized spacial score (nSPS) is 18.7. The van der Waals surface area contributed by atoms with Crippen molar-refractivity contribution >= 4 is 6.09 Å². The molecule has 0 aliphatic heterocycles. The monoisotopic (exact) mass is 312 g/mol. The molecular formula is C18H36N2O2. The van der Waals surface area contributed by atoms with E-state index in [2.05, 4.69) is 31.4 Å². The first kappa shape index (κ1) is 19.3. The van der Waals surface area contributed by atoms with Crippen LogP contribution in [0.2, 0.25) is 0 Å². The molecule has 22 heavy (non-hydrogen) atoms. The van der Waals surface area contributed by atoms with Crippen molar-refractivity contribution in [3.05, 3.63) is 0 Å². The molecule has 0 spiro atoms. The van der Waals surface area contributed by atoms with E-state index in [1.165, 1.54) is 25.7 Å². The molecule has 130 valence electrons. The van der Waals surface area contributed by atoms with E-state index in [1.54, 1.807) is 0 Å². The number of ether oxygens (including phenoxy) is 1. The molecule has 1 rings (SSSR count). The highest BCUT2D eigenvalue weighted by Gasteiger charge is 2.23. The van der Waals surface area contributed by atoms with Gasteiger partial charge in [-0.15, -0.1) is 0 Å². The molecule has 1 amide bonds. The zero-order valence-electron chi connectivity index (χ0n) is 15.4. The van der Waals surface area contributed by atoms with E-state index in [0.717, 1.165) is 12.3 Å². The minimum atomic E-state index is -0.442. The SMILES string of the molecule is CC(C)CC(CNC(=O)OC(C)(C)C)NC(C)CC1CCC1. The average Bonchev–Trinajstić information content (AvgIpc) is 2.28. The van der Waals surface area contributed by atoms with Gasteiger partial charge in [-0.2, -0.15) is 0 Å². The summed E-state index contributed by atoms with van der Waals surface area (Å²) in [6.45, 7) is 13.0. The number of hydrogen-bond acceptors (Lipinski definition) is 3. The summed E-state index contributed by atoms with van der Waals surface area (Å²) in [4.78, 5) is 11.8. The van der Waals surface area contributed by atoms with Crippen LogP contribution >= 0.6 is 0 Å². The maximum atomic E-state index is 11.8. The van der Waals surface area contributed by atoms with Gasteiger partial charge in [-0.25, -0.2) is 4.79 Å². The molecular weight excluding hydrogens is 276 g/mol. The molecule has 1 aliphatic carbocycles. The second kappa shape index (κ2) is 8.76. The topological polar surface area (TPSA) is 50.4 Å². The molecule has 2 atom stereocenters. The Morgan fingerprint density at radius 2 is 1.86 bits per heavy atom. The first-order valence-corrected chi connectivity index (χ1v) is 8.88. The van der Waals surface area contributed by atoms with Crippen LogP contribution in [-0.2, 0) is 4.74 Å². The van der Waals surface area contributed by atoms with Crippen molar-refractivity contribution in [2.45, 2.75) is 91.3 Å². The molecule has 0 saturated heterocycles. The summed E-state index contributed by atoms with van der Waals surface area (Å²) in [6, 6.07) is 0.817. The lowest BCUT2D eigenvalue weighted by molar-refractivity contribution is 0.0519. The average molecular weight is 312 g/mol. The minimum absolute atomic E-state index is 0.308. The standard InChI is InChI=1S/C18H36N2O2/c1-13(2)10-16(12-19-17(21)22-18(4,5)6)20-14(3)11-15-8-7-9-15/h13-16,20H,7-12H2,1-6H3,(H,19,21). The second-order valence-electron chi connectivity index (χ2n) is 8.31. The highest BCUT2D eigenvalue weighted by atomic mass is 16.6. The summed E-state index contributed by atoms with van der Waals surface area (Å²) < 4.78 is 5.31. The van der Waals surface area contributed by atoms with Gasteiger partial charge in [-0.3, -0.25) is 0 Å². The van der Waals surface area contributed by atoms with E-state index in [0.29, 0.717) is 24.5 Å². The Labute approximate surface area is 136 Å². The Morgan fingerprint density at radius 1 is 1.23 bits per heavy atom. The Kier molecular flexibility index (Phi) is 7.67. The molecule has 0 radical (unpaired) electrons. The molecule has 0 aromatic heterocycles. The molecule has 4 nitrogen and oxygen atoms in total. The molecule has 1 aliphatic rings. The summed E-state index contributed by atoms with van der Waals surface area (Å²) in [7, 11) is 0. The lowest BCUT2D eigenvalue weighted by atomic mass is 9.81. The van der Waals surface area contributed by atoms with Crippen molar-refractivity contribution < 1.29 is 9.53 Å². The lowest BCUT2D eigenvalue weighted by Crippen LogP contribution is -2.47. The van der Waals surface area contributed by atoms with Crippen molar-refractivity contribution in [3.63, 3.8) is 0 Å². The van der Waals surface area contributed by atoms with Crippen molar-refractivity contribution in [3.8, 4) is 0 Å². The van der Waals surface area contributed by atoms with Gasteiger partial charge >= 0.3 is 6.09 Å². The first-order chi connectivity index (χ1) is 10.2. The molecule has 0 bridgehead atoms. The molecule has 4 heteroatoms. The van der Waals surface area contributed by atoms with Crippen molar-refractivity contribution in [1.29, 1.82) is 0 Å². The van der Waals surface area contributed by atoms with E-state index in [-0.39, 0.29) is 6.09 Å². The van der Waals surface area contributed by atoms with Crippen LogP contribution in [-0.4, -0.2) is 30.3 Å². The third-order valence-electron chi connectivity index (χ3n) is 4.08. The third-order valence-corrected chi connectivity index (χ3v) is 4.08. The van der Waals surface area contributed by atoms with Crippen LogP contribution in [0.25, 0.3) is 0 Å². The van der Waals surface area contributed by atoms with E-state index in [4.69, 9.17) is 4.74 Å². The summed E-state index contributed by atoms with van der Waals surface area (Å²) in [5.41, 5.74) is -0.442. The van der Waals surface area contributed by atoms with Crippen LogP contribution in [0.4, 0.5) is 4.79 Å². The highest BCUT2D eigenvalue weighted by molar-refractivity contribution is 5.67. The molecule has 1 fully saturated rings. The molecule has 0 aromatic carbocycles. The van der Waals surface area contributed by atoms with Crippen LogP contribution in [0.15, 0.2) is 0 Å². The predicted molar refractivity (Wildman–Crippen MR) is 92.0 cm³/mol. The van der Waals surface area contributed by atoms with Crippen molar-refractivity contribution in [2.24, 2.45) is 11.8 Å². The summed E-state index contributed by atoms with van der Waals surface area (Å²) in [6.07, 6.45) is 6.15. The van der Waals surface area contributed by atoms with Gasteiger partial charge in [0.25, 0.3) is 0 Å². The number of carbonyl (C=O) groups is 1. The van der Waals surface area contributed by atoms with Gasteiger partial charge in [-0.1, -0.05) is 33.1 Å². The quantitative estimate of drug-likeness (QED) is 0.709.